The van der Waals surface area contributed by atoms with Crippen LogP contribution >= 0.6 is 11.3 Å². The zero-order valence-corrected chi connectivity index (χ0v) is 19.8. The number of hydrogen-bond acceptors (Lipinski definition) is 6. The number of nitrogens with zero attached hydrogens (tertiary/aromatic N) is 2. The van der Waals surface area contributed by atoms with Crippen LogP contribution in [0.15, 0.2) is 34.5 Å². The normalized spacial score (nSPS) is 22.7. The number of amides is 1. The van der Waals surface area contributed by atoms with Crippen LogP contribution in [0.25, 0.3) is 0 Å². The molecule has 10 heteroatoms. The second-order valence-electron chi connectivity index (χ2n) is 8.36. The highest BCUT2D eigenvalue weighted by molar-refractivity contribution is 7.89. The van der Waals surface area contributed by atoms with E-state index in [9.17, 15) is 17.6 Å². The molecular formula is C22H28FN3O4S2. The van der Waals surface area contributed by atoms with Crippen LogP contribution in [0.4, 0.5) is 15.8 Å². The summed E-state index contributed by atoms with van der Waals surface area (Å²) in [4.78, 5) is 14.9. The quantitative estimate of drug-likeness (QED) is 0.700. The van der Waals surface area contributed by atoms with E-state index in [0.717, 1.165) is 30.6 Å². The second kappa shape index (κ2) is 9.46. The van der Waals surface area contributed by atoms with Crippen molar-refractivity contribution in [3.8, 4) is 0 Å². The van der Waals surface area contributed by atoms with Crippen LogP contribution in [-0.2, 0) is 14.8 Å². The lowest BCUT2D eigenvalue weighted by molar-refractivity contribution is -0.00539. The number of anilines is 2. The highest BCUT2D eigenvalue weighted by Crippen LogP contribution is 2.30. The molecule has 0 radical (unpaired) electrons. The third-order valence-corrected chi connectivity index (χ3v) is 8.72. The van der Waals surface area contributed by atoms with Crippen LogP contribution < -0.4 is 10.2 Å². The molecule has 1 N–H and O–H groups in total. The highest BCUT2D eigenvalue weighted by atomic mass is 32.2. The van der Waals surface area contributed by atoms with Crippen LogP contribution in [0.5, 0.6) is 0 Å². The topological polar surface area (TPSA) is 79.0 Å². The fourth-order valence-electron chi connectivity index (χ4n) is 4.31. The Bertz CT molecular complexity index is 1070. The van der Waals surface area contributed by atoms with Gasteiger partial charge in [-0.25, -0.2) is 12.8 Å². The number of thiophene rings is 1. The first kappa shape index (κ1) is 23.2. The number of carbonyl (C=O) groups is 1. The smallest absolute Gasteiger partial charge is 0.267 e. The van der Waals surface area contributed by atoms with Gasteiger partial charge in [0.25, 0.3) is 5.91 Å². The SMILES string of the molecule is CC1CN(c2ccc(NC(=O)c3sccc3S(=O)(=O)N3CCCCC3)cc2F)CC(C)O1. The summed E-state index contributed by atoms with van der Waals surface area (Å²) in [6.07, 6.45) is 2.63. The molecular weight excluding hydrogens is 453 g/mol. The monoisotopic (exact) mass is 481 g/mol. The summed E-state index contributed by atoms with van der Waals surface area (Å²) in [7, 11) is -3.74. The van der Waals surface area contributed by atoms with Gasteiger partial charge in [0.05, 0.1) is 17.9 Å². The van der Waals surface area contributed by atoms with E-state index in [2.05, 4.69) is 5.32 Å². The zero-order valence-electron chi connectivity index (χ0n) is 18.2. The number of halogens is 1. The molecule has 7 nitrogen and oxygen atoms in total. The lowest BCUT2D eigenvalue weighted by atomic mass is 10.2. The number of ether oxygens (including phenoxy) is 1. The van der Waals surface area contributed by atoms with Crippen molar-refractivity contribution in [2.45, 2.75) is 50.2 Å². The van der Waals surface area contributed by atoms with Crippen LogP contribution in [0.3, 0.4) is 0 Å². The van der Waals surface area contributed by atoms with Gasteiger partial charge in [0.2, 0.25) is 10.0 Å². The molecule has 2 unspecified atom stereocenters. The van der Waals surface area contributed by atoms with Gasteiger partial charge in [-0.15, -0.1) is 11.3 Å². The first-order valence-corrected chi connectivity index (χ1v) is 13.2. The Morgan fingerprint density at radius 2 is 1.81 bits per heavy atom. The minimum atomic E-state index is -3.74. The molecule has 2 saturated heterocycles. The minimum absolute atomic E-state index is 0.00312. The lowest BCUT2D eigenvalue weighted by Gasteiger charge is -2.37. The van der Waals surface area contributed by atoms with Crippen molar-refractivity contribution in [3.63, 3.8) is 0 Å². The van der Waals surface area contributed by atoms with Crippen molar-refractivity contribution in [3.05, 3.63) is 40.3 Å². The van der Waals surface area contributed by atoms with Gasteiger partial charge in [-0.1, -0.05) is 6.42 Å². The Morgan fingerprint density at radius 1 is 1.12 bits per heavy atom. The molecule has 1 aromatic carbocycles. The third-order valence-electron chi connectivity index (χ3n) is 5.73. The van der Waals surface area contributed by atoms with Gasteiger partial charge >= 0.3 is 0 Å². The summed E-state index contributed by atoms with van der Waals surface area (Å²) in [5.74, 6) is -1.01. The molecule has 2 atom stereocenters. The molecule has 174 valence electrons. The number of nitrogens with one attached hydrogen (secondary N) is 1. The number of rotatable bonds is 5. The van der Waals surface area contributed by atoms with Crippen molar-refractivity contribution in [2.75, 3.05) is 36.4 Å². The molecule has 2 fully saturated rings. The van der Waals surface area contributed by atoms with Gasteiger partial charge in [0.15, 0.2) is 0 Å². The van der Waals surface area contributed by atoms with Gasteiger partial charge in [-0.3, -0.25) is 4.79 Å². The molecule has 2 aliphatic heterocycles. The Hall–Kier alpha value is -2.01. The second-order valence-corrected chi connectivity index (χ2v) is 11.2. The van der Waals surface area contributed by atoms with Gasteiger partial charge in [0, 0.05) is 31.9 Å². The Balaban J connectivity index is 1.51. The van der Waals surface area contributed by atoms with Gasteiger partial charge < -0.3 is 15.0 Å². The highest BCUT2D eigenvalue weighted by Gasteiger charge is 2.31. The summed E-state index contributed by atoms with van der Waals surface area (Å²) in [6.45, 7) is 5.99. The number of sulfonamides is 1. The van der Waals surface area contributed by atoms with E-state index in [0.29, 0.717) is 31.9 Å². The van der Waals surface area contributed by atoms with E-state index >= 15 is 0 Å². The summed E-state index contributed by atoms with van der Waals surface area (Å²) in [5.41, 5.74) is 0.731. The average Bonchev–Trinajstić information content (AvgIpc) is 3.25. The maximum Gasteiger partial charge on any atom is 0.267 e. The van der Waals surface area contributed by atoms with Gasteiger partial charge in [0.1, 0.15) is 15.6 Å². The minimum Gasteiger partial charge on any atom is -0.372 e. The zero-order chi connectivity index (χ0) is 22.9. The molecule has 0 bridgehead atoms. The Morgan fingerprint density at radius 3 is 2.47 bits per heavy atom. The summed E-state index contributed by atoms with van der Waals surface area (Å²) in [6, 6.07) is 6.00. The number of morpholine rings is 1. The van der Waals surface area contributed by atoms with E-state index in [1.54, 1.807) is 17.5 Å². The number of piperidine rings is 1. The maximum absolute atomic E-state index is 14.9. The number of carbonyl (C=O) groups excluding carboxylic acids is 1. The predicted molar refractivity (Wildman–Crippen MR) is 124 cm³/mol. The maximum atomic E-state index is 14.9. The number of hydrogen-bond donors (Lipinski definition) is 1. The van der Waals surface area contributed by atoms with Crippen molar-refractivity contribution < 1.29 is 22.3 Å². The van der Waals surface area contributed by atoms with E-state index in [-0.39, 0.29) is 27.7 Å². The van der Waals surface area contributed by atoms with Crippen molar-refractivity contribution in [1.29, 1.82) is 0 Å². The summed E-state index contributed by atoms with van der Waals surface area (Å²) >= 11 is 1.06. The van der Waals surface area contributed by atoms with Crippen LogP contribution in [0.1, 0.15) is 42.8 Å². The number of benzene rings is 1. The van der Waals surface area contributed by atoms with Crippen molar-refractivity contribution >= 4 is 38.6 Å². The van der Waals surface area contributed by atoms with E-state index in [1.807, 2.05) is 18.7 Å². The molecule has 2 aromatic rings. The van der Waals surface area contributed by atoms with E-state index in [4.69, 9.17) is 4.74 Å². The van der Waals surface area contributed by atoms with Gasteiger partial charge in [-0.05, 0) is 56.3 Å². The lowest BCUT2D eigenvalue weighted by Crippen LogP contribution is -2.45. The standard InChI is InChI=1S/C22H28FN3O4S2/c1-15-13-25(14-16(2)30-15)19-7-6-17(12-18(19)23)24-22(27)21-20(8-11-31-21)32(28,29)26-9-4-3-5-10-26/h6-8,11-12,15-16H,3-5,9-10,13-14H2,1-2H3,(H,24,27). The molecule has 2 aliphatic rings. The Labute approximate surface area is 192 Å². The third kappa shape index (κ3) is 4.83. The van der Waals surface area contributed by atoms with Crippen LogP contribution in [0, 0.1) is 5.82 Å². The summed E-state index contributed by atoms with van der Waals surface area (Å²) in [5, 5.41) is 4.25. The largest absolute Gasteiger partial charge is 0.372 e. The molecule has 0 spiro atoms. The van der Waals surface area contributed by atoms with Crippen molar-refractivity contribution in [1.82, 2.24) is 4.31 Å². The fourth-order valence-corrected chi connectivity index (χ4v) is 7.13. The molecule has 1 amide bonds. The Kier molecular flexibility index (Phi) is 6.85. The molecule has 3 heterocycles. The molecule has 0 aliphatic carbocycles. The van der Waals surface area contributed by atoms with E-state index in [1.165, 1.54) is 16.4 Å². The molecule has 0 saturated carbocycles. The van der Waals surface area contributed by atoms with Crippen LogP contribution in [0.2, 0.25) is 0 Å². The fraction of sp³-hybridized carbons (Fsp3) is 0.500. The van der Waals surface area contributed by atoms with Crippen molar-refractivity contribution in [2.24, 2.45) is 0 Å². The van der Waals surface area contributed by atoms with Crippen LogP contribution in [-0.4, -0.2) is 57.0 Å². The van der Waals surface area contributed by atoms with E-state index < -0.39 is 21.7 Å². The molecule has 4 rings (SSSR count). The summed E-state index contributed by atoms with van der Waals surface area (Å²) < 4.78 is 48.1. The predicted octanol–water partition coefficient (Wildman–Crippen LogP) is 3.93. The first-order chi connectivity index (χ1) is 15.3. The first-order valence-electron chi connectivity index (χ1n) is 10.8. The average molecular weight is 482 g/mol. The molecule has 32 heavy (non-hydrogen) atoms. The molecule has 1 aromatic heterocycles. The van der Waals surface area contributed by atoms with Gasteiger partial charge in [-0.2, -0.15) is 4.31 Å².